The van der Waals surface area contributed by atoms with Crippen LogP contribution in [0.2, 0.25) is 0 Å². The number of thioether (sulfide) groups is 1. The van der Waals surface area contributed by atoms with Gasteiger partial charge in [0.05, 0.1) is 10.7 Å². The second-order valence-corrected chi connectivity index (χ2v) is 3.43. The standard InChI is InChI=1S/C9H8N2OS/c1-2-4-10-9(3-1)13-6-8-5-12-7-11-8/h1-5,7H,6H2. The molecule has 2 heterocycles. The Labute approximate surface area is 80.2 Å². The van der Waals surface area contributed by atoms with Gasteiger partial charge >= 0.3 is 0 Å². The molecule has 0 aliphatic rings. The maximum Gasteiger partial charge on any atom is 0.180 e. The number of nitrogens with zero attached hydrogens (tertiary/aromatic N) is 2. The van der Waals surface area contributed by atoms with Gasteiger partial charge in [0.1, 0.15) is 6.26 Å². The third-order valence-corrected chi connectivity index (χ3v) is 2.47. The molecule has 66 valence electrons. The Balaban J connectivity index is 1.94. The lowest BCUT2D eigenvalue weighted by Gasteiger charge is -1.95. The van der Waals surface area contributed by atoms with Crippen LogP contribution in [0, 0.1) is 0 Å². The average molecular weight is 192 g/mol. The summed E-state index contributed by atoms with van der Waals surface area (Å²) in [4.78, 5) is 8.20. The molecule has 0 N–H and O–H groups in total. The van der Waals surface area contributed by atoms with Gasteiger partial charge in [-0.15, -0.1) is 0 Å². The molecule has 0 bridgehead atoms. The number of hydrogen-bond acceptors (Lipinski definition) is 4. The highest BCUT2D eigenvalue weighted by Gasteiger charge is 1.98. The van der Waals surface area contributed by atoms with E-state index in [0.717, 1.165) is 16.5 Å². The molecule has 2 aromatic heterocycles. The Morgan fingerprint density at radius 2 is 2.31 bits per heavy atom. The fourth-order valence-electron chi connectivity index (χ4n) is 0.889. The Morgan fingerprint density at radius 3 is 3.00 bits per heavy atom. The first-order valence-electron chi connectivity index (χ1n) is 3.86. The second-order valence-electron chi connectivity index (χ2n) is 2.44. The minimum atomic E-state index is 0.799. The van der Waals surface area contributed by atoms with Crippen molar-refractivity contribution < 1.29 is 4.42 Å². The molecule has 13 heavy (non-hydrogen) atoms. The fraction of sp³-hybridized carbons (Fsp3) is 0.111. The molecular formula is C9H8N2OS. The molecule has 2 rings (SSSR count). The molecular weight excluding hydrogens is 184 g/mol. The van der Waals surface area contributed by atoms with E-state index in [1.54, 1.807) is 24.2 Å². The van der Waals surface area contributed by atoms with E-state index in [9.17, 15) is 0 Å². The average Bonchev–Trinajstić information content (AvgIpc) is 2.69. The zero-order valence-corrected chi connectivity index (χ0v) is 7.70. The van der Waals surface area contributed by atoms with Gasteiger partial charge in [0.15, 0.2) is 6.39 Å². The number of oxazole rings is 1. The first kappa shape index (κ1) is 8.31. The summed E-state index contributed by atoms with van der Waals surface area (Å²) in [6, 6.07) is 5.85. The maximum atomic E-state index is 4.86. The SMILES string of the molecule is c1ccc(SCc2cocn2)nc1. The van der Waals surface area contributed by atoms with Crippen LogP contribution in [0.5, 0.6) is 0 Å². The van der Waals surface area contributed by atoms with E-state index < -0.39 is 0 Å². The van der Waals surface area contributed by atoms with Crippen molar-refractivity contribution in [3.8, 4) is 0 Å². The molecule has 3 nitrogen and oxygen atoms in total. The predicted molar refractivity (Wildman–Crippen MR) is 50.3 cm³/mol. The van der Waals surface area contributed by atoms with E-state index in [2.05, 4.69) is 9.97 Å². The molecule has 0 aliphatic heterocycles. The molecule has 2 aromatic rings. The van der Waals surface area contributed by atoms with Gasteiger partial charge in [0.2, 0.25) is 0 Å². The Morgan fingerprint density at radius 1 is 1.31 bits per heavy atom. The lowest BCUT2D eigenvalue weighted by Crippen LogP contribution is -1.81. The molecule has 0 saturated carbocycles. The topological polar surface area (TPSA) is 38.9 Å². The maximum absolute atomic E-state index is 4.86. The van der Waals surface area contributed by atoms with Crippen molar-refractivity contribution in [2.75, 3.05) is 0 Å². The lowest BCUT2D eigenvalue weighted by atomic mass is 10.5. The summed E-state index contributed by atoms with van der Waals surface area (Å²) >= 11 is 1.64. The normalized spacial score (nSPS) is 10.2. The second kappa shape index (κ2) is 4.09. The van der Waals surface area contributed by atoms with E-state index in [-0.39, 0.29) is 0 Å². The van der Waals surface area contributed by atoms with Crippen LogP contribution in [0.25, 0.3) is 0 Å². The monoisotopic (exact) mass is 192 g/mol. The van der Waals surface area contributed by atoms with Gasteiger partial charge in [-0.3, -0.25) is 0 Å². The zero-order valence-electron chi connectivity index (χ0n) is 6.88. The van der Waals surface area contributed by atoms with Crippen LogP contribution in [0.15, 0.2) is 46.5 Å². The molecule has 4 heteroatoms. The van der Waals surface area contributed by atoms with E-state index in [0.29, 0.717) is 0 Å². The lowest BCUT2D eigenvalue weighted by molar-refractivity contribution is 0.557. The Bertz CT molecular complexity index is 347. The molecule has 0 saturated heterocycles. The van der Waals surface area contributed by atoms with Crippen molar-refractivity contribution >= 4 is 11.8 Å². The van der Waals surface area contributed by atoms with Gasteiger partial charge < -0.3 is 4.42 Å². The highest BCUT2D eigenvalue weighted by molar-refractivity contribution is 7.98. The van der Waals surface area contributed by atoms with Crippen molar-refractivity contribution in [3.05, 3.63) is 42.7 Å². The van der Waals surface area contributed by atoms with Gasteiger partial charge in [-0.1, -0.05) is 17.8 Å². The first-order chi connectivity index (χ1) is 6.45. The summed E-state index contributed by atoms with van der Waals surface area (Å²) in [6.45, 7) is 0. The number of aromatic nitrogens is 2. The van der Waals surface area contributed by atoms with Crippen molar-refractivity contribution in [1.29, 1.82) is 0 Å². The van der Waals surface area contributed by atoms with Crippen LogP contribution >= 0.6 is 11.8 Å². The molecule has 0 spiro atoms. The van der Waals surface area contributed by atoms with Gasteiger partial charge in [0.25, 0.3) is 0 Å². The molecule has 0 unspecified atom stereocenters. The summed E-state index contributed by atoms with van der Waals surface area (Å²) in [5.74, 6) is 0.799. The largest absolute Gasteiger partial charge is 0.451 e. The highest BCUT2D eigenvalue weighted by Crippen LogP contribution is 2.18. The molecule has 0 aromatic carbocycles. The van der Waals surface area contributed by atoms with Crippen LogP contribution in [0.1, 0.15) is 5.69 Å². The predicted octanol–water partition coefficient (Wildman–Crippen LogP) is 2.36. The summed E-state index contributed by atoms with van der Waals surface area (Å²) in [5.41, 5.74) is 0.940. The van der Waals surface area contributed by atoms with E-state index in [4.69, 9.17) is 4.42 Å². The van der Waals surface area contributed by atoms with E-state index in [1.807, 2.05) is 18.2 Å². The van der Waals surface area contributed by atoms with Gasteiger partial charge in [-0.05, 0) is 12.1 Å². The molecule has 0 fully saturated rings. The summed E-state index contributed by atoms with van der Waals surface area (Å²) in [7, 11) is 0. The molecule has 0 radical (unpaired) electrons. The Hall–Kier alpha value is -1.29. The minimum Gasteiger partial charge on any atom is -0.451 e. The van der Waals surface area contributed by atoms with Gasteiger partial charge in [0, 0.05) is 11.9 Å². The third kappa shape index (κ3) is 2.32. The minimum absolute atomic E-state index is 0.799. The smallest absolute Gasteiger partial charge is 0.180 e. The Kier molecular flexibility index (Phi) is 2.62. The first-order valence-corrected chi connectivity index (χ1v) is 4.84. The molecule has 0 aliphatic carbocycles. The summed E-state index contributed by atoms with van der Waals surface area (Å²) in [6.07, 6.45) is 4.87. The van der Waals surface area contributed by atoms with Crippen LogP contribution in [-0.4, -0.2) is 9.97 Å². The van der Waals surface area contributed by atoms with Crippen molar-refractivity contribution in [1.82, 2.24) is 9.97 Å². The number of hydrogen-bond donors (Lipinski definition) is 0. The fourth-order valence-corrected chi connectivity index (χ4v) is 1.64. The number of rotatable bonds is 3. The summed E-state index contributed by atoms with van der Waals surface area (Å²) < 4.78 is 4.86. The number of pyridine rings is 1. The highest BCUT2D eigenvalue weighted by atomic mass is 32.2. The van der Waals surface area contributed by atoms with Crippen molar-refractivity contribution in [3.63, 3.8) is 0 Å². The van der Waals surface area contributed by atoms with Crippen LogP contribution in [0.4, 0.5) is 0 Å². The molecule has 0 amide bonds. The van der Waals surface area contributed by atoms with Gasteiger partial charge in [-0.25, -0.2) is 9.97 Å². The third-order valence-electron chi connectivity index (χ3n) is 1.49. The van der Waals surface area contributed by atoms with Crippen LogP contribution in [-0.2, 0) is 5.75 Å². The van der Waals surface area contributed by atoms with E-state index >= 15 is 0 Å². The van der Waals surface area contributed by atoms with Gasteiger partial charge in [-0.2, -0.15) is 0 Å². The zero-order chi connectivity index (χ0) is 8.93. The quantitative estimate of drug-likeness (QED) is 0.700. The van der Waals surface area contributed by atoms with E-state index in [1.165, 1.54) is 6.39 Å². The van der Waals surface area contributed by atoms with Crippen molar-refractivity contribution in [2.24, 2.45) is 0 Å². The molecule has 0 atom stereocenters. The van der Waals surface area contributed by atoms with Crippen LogP contribution in [0.3, 0.4) is 0 Å². The van der Waals surface area contributed by atoms with Crippen LogP contribution < -0.4 is 0 Å². The summed E-state index contributed by atoms with van der Waals surface area (Å²) in [5, 5.41) is 1.01. The van der Waals surface area contributed by atoms with Crippen molar-refractivity contribution in [2.45, 2.75) is 10.8 Å².